The zero-order valence-corrected chi connectivity index (χ0v) is 10.7. The number of halogens is 2. The molecule has 0 amide bonds. The molecule has 5 heteroatoms. The molecule has 0 aromatic carbocycles. The minimum absolute atomic E-state index is 0.0842. The molecule has 0 aliphatic rings. The van der Waals surface area contributed by atoms with E-state index in [1.165, 1.54) is 0 Å². The Balaban J connectivity index is 3.99. The third-order valence-corrected chi connectivity index (χ3v) is 3.72. The standard InChI is InChI=1S/C10H21F2NOS/c1-5-8(6-7-9(11)12)13-15(14)10(2,3)4/h8-9,13H,5-7H2,1-4H3. The maximum Gasteiger partial charge on any atom is 0.238 e. The zero-order chi connectivity index (χ0) is 12.1. The Morgan fingerprint density at radius 3 is 2.13 bits per heavy atom. The molecule has 0 saturated heterocycles. The second-order valence-electron chi connectivity index (χ2n) is 4.57. The minimum atomic E-state index is -2.27. The Morgan fingerprint density at radius 2 is 1.80 bits per heavy atom. The maximum absolute atomic E-state index is 12.0. The summed E-state index contributed by atoms with van der Waals surface area (Å²) in [6.45, 7) is 7.48. The van der Waals surface area contributed by atoms with Crippen molar-refractivity contribution in [2.45, 2.75) is 64.2 Å². The first kappa shape index (κ1) is 15.1. The van der Waals surface area contributed by atoms with Crippen molar-refractivity contribution in [1.82, 2.24) is 4.72 Å². The van der Waals surface area contributed by atoms with Gasteiger partial charge in [0.1, 0.15) is 4.75 Å². The maximum atomic E-state index is 12.0. The summed E-state index contributed by atoms with van der Waals surface area (Å²) in [6, 6.07) is -0.0842. The summed E-state index contributed by atoms with van der Waals surface area (Å²) >= 11 is -1.18. The van der Waals surface area contributed by atoms with Gasteiger partial charge in [0.05, 0.1) is 6.04 Å². The minimum Gasteiger partial charge on any atom is -0.598 e. The molecule has 0 spiro atoms. The van der Waals surface area contributed by atoms with Crippen LogP contribution in [0.4, 0.5) is 8.78 Å². The van der Waals surface area contributed by atoms with Crippen LogP contribution in [0.1, 0.15) is 47.0 Å². The van der Waals surface area contributed by atoms with Gasteiger partial charge in [0.2, 0.25) is 6.43 Å². The first-order chi connectivity index (χ1) is 6.77. The van der Waals surface area contributed by atoms with Crippen LogP contribution >= 0.6 is 0 Å². The highest BCUT2D eigenvalue weighted by atomic mass is 32.2. The van der Waals surface area contributed by atoms with E-state index in [2.05, 4.69) is 4.72 Å². The summed E-state index contributed by atoms with van der Waals surface area (Å²) in [7, 11) is 0. The van der Waals surface area contributed by atoms with Crippen LogP contribution in [0.25, 0.3) is 0 Å². The predicted molar refractivity (Wildman–Crippen MR) is 60.3 cm³/mol. The number of rotatable bonds is 6. The number of alkyl halides is 2. The van der Waals surface area contributed by atoms with Crippen molar-refractivity contribution in [3.05, 3.63) is 0 Å². The van der Waals surface area contributed by atoms with Gasteiger partial charge in [-0.2, -0.15) is 0 Å². The quantitative estimate of drug-likeness (QED) is 0.726. The van der Waals surface area contributed by atoms with Gasteiger partial charge >= 0.3 is 0 Å². The van der Waals surface area contributed by atoms with E-state index in [4.69, 9.17) is 0 Å². The molecule has 0 heterocycles. The van der Waals surface area contributed by atoms with Crippen LogP contribution in [0.15, 0.2) is 0 Å². The van der Waals surface area contributed by atoms with Crippen molar-refractivity contribution in [1.29, 1.82) is 0 Å². The Kier molecular flexibility index (Phi) is 6.71. The predicted octanol–water partition coefficient (Wildman–Crippen LogP) is 2.86. The highest BCUT2D eigenvalue weighted by molar-refractivity contribution is 7.90. The van der Waals surface area contributed by atoms with Crippen LogP contribution in [-0.2, 0) is 11.4 Å². The molecule has 0 bridgehead atoms. The summed E-state index contributed by atoms with van der Waals surface area (Å²) in [5.74, 6) is 0. The highest BCUT2D eigenvalue weighted by Crippen LogP contribution is 2.16. The first-order valence-corrected chi connectivity index (χ1v) is 6.38. The van der Waals surface area contributed by atoms with Crippen molar-refractivity contribution in [2.24, 2.45) is 0 Å². The summed E-state index contributed by atoms with van der Waals surface area (Å²) in [6.07, 6.45) is -1.32. The molecule has 0 rings (SSSR count). The molecule has 0 fully saturated rings. The smallest absolute Gasteiger partial charge is 0.238 e. The monoisotopic (exact) mass is 241 g/mol. The molecule has 2 nitrogen and oxygen atoms in total. The van der Waals surface area contributed by atoms with Crippen LogP contribution in [0, 0.1) is 0 Å². The molecule has 0 aliphatic heterocycles. The normalized spacial score (nSPS) is 16.8. The molecule has 1 N–H and O–H groups in total. The van der Waals surface area contributed by atoms with E-state index >= 15 is 0 Å². The van der Waals surface area contributed by atoms with E-state index in [-0.39, 0.29) is 17.2 Å². The summed E-state index contributed by atoms with van der Waals surface area (Å²) in [5.41, 5.74) is 0. The van der Waals surface area contributed by atoms with E-state index in [0.29, 0.717) is 12.8 Å². The second kappa shape index (κ2) is 6.66. The van der Waals surface area contributed by atoms with Gasteiger partial charge in [0, 0.05) is 17.8 Å². The average Bonchev–Trinajstić information content (AvgIpc) is 2.09. The number of hydrogen-bond donors (Lipinski definition) is 1. The van der Waals surface area contributed by atoms with Gasteiger partial charge in [-0.05, 0) is 33.6 Å². The number of nitrogens with one attached hydrogen (secondary N) is 1. The topological polar surface area (TPSA) is 35.1 Å². The highest BCUT2D eigenvalue weighted by Gasteiger charge is 2.28. The van der Waals surface area contributed by atoms with E-state index in [1.54, 1.807) is 0 Å². The molecule has 15 heavy (non-hydrogen) atoms. The molecule has 2 atom stereocenters. The second-order valence-corrected chi connectivity index (χ2v) is 6.57. The SMILES string of the molecule is CCC(CCC(F)F)N[S+]([O-])C(C)(C)C. The Bertz CT molecular complexity index is 173. The lowest BCUT2D eigenvalue weighted by Crippen LogP contribution is -2.44. The Labute approximate surface area is 94.1 Å². The van der Waals surface area contributed by atoms with Crippen LogP contribution in [0.5, 0.6) is 0 Å². The van der Waals surface area contributed by atoms with Crippen molar-refractivity contribution >= 4 is 11.4 Å². The van der Waals surface area contributed by atoms with Gasteiger partial charge in [-0.1, -0.05) is 6.92 Å². The van der Waals surface area contributed by atoms with Crippen LogP contribution < -0.4 is 4.72 Å². The van der Waals surface area contributed by atoms with Gasteiger partial charge in [0.15, 0.2) is 0 Å². The molecule has 92 valence electrons. The lowest BCUT2D eigenvalue weighted by molar-refractivity contribution is 0.131. The average molecular weight is 241 g/mol. The molecule has 0 saturated carbocycles. The van der Waals surface area contributed by atoms with Crippen molar-refractivity contribution in [2.75, 3.05) is 0 Å². The first-order valence-electron chi connectivity index (χ1n) is 5.23. The third kappa shape index (κ3) is 7.09. The lowest BCUT2D eigenvalue weighted by atomic mass is 10.1. The van der Waals surface area contributed by atoms with Gasteiger partial charge in [-0.15, -0.1) is 4.72 Å². The fourth-order valence-electron chi connectivity index (χ4n) is 1.00. The van der Waals surface area contributed by atoms with Crippen LogP contribution in [-0.4, -0.2) is 21.8 Å². The fraction of sp³-hybridized carbons (Fsp3) is 1.00. The van der Waals surface area contributed by atoms with Crippen molar-refractivity contribution in [3.8, 4) is 0 Å². The molecule has 2 unspecified atom stereocenters. The molecule has 0 aromatic heterocycles. The van der Waals surface area contributed by atoms with Gasteiger partial charge in [-0.25, -0.2) is 8.78 Å². The zero-order valence-electron chi connectivity index (χ0n) is 9.85. The van der Waals surface area contributed by atoms with Gasteiger partial charge < -0.3 is 4.55 Å². The van der Waals surface area contributed by atoms with E-state index < -0.39 is 17.8 Å². The molecule has 0 aliphatic carbocycles. The summed E-state index contributed by atoms with van der Waals surface area (Å²) in [4.78, 5) is 0. The van der Waals surface area contributed by atoms with Crippen molar-refractivity contribution in [3.63, 3.8) is 0 Å². The number of hydrogen-bond acceptors (Lipinski definition) is 2. The largest absolute Gasteiger partial charge is 0.598 e. The molecular formula is C10H21F2NOS. The van der Waals surface area contributed by atoms with Crippen LogP contribution in [0.2, 0.25) is 0 Å². The van der Waals surface area contributed by atoms with Gasteiger partial charge in [0.25, 0.3) is 0 Å². The fourth-order valence-corrected chi connectivity index (χ4v) is 1.94. The Hall–Kier alpha value is 0.130. The van der Waals surface area contributed by atoms with Crippen molar-refractivity contribution < 1.29 is 13.3 Å². The summed E-state index contributed by atoms with van der Waals surface area (Å²) in [5, 5.41) is 0. The van der Waals surface area contributed by atoms with Gasteiger partial charge in [-0.3, -0.25) is 0 Å². The van der Waals surface area contributed by atoms with E-state index in [0.717, 1.165) is 0 Å². The van der Waals surface area contributed by atoms with Crippen LogP contribution in [0.3, 0.4) is 0 Å². The molecule has 0 radical (unpaired) electrons. The third-order valence-electron chi connectivity index (χ3n) is 2.06. The lowest BCUT2D eigenvalue weighted by Gasteiger charge is -2.27. The Morgan fingerprint density at radius 1 is 1.27 bits per heavy atom. The van der Waals surface area contributed by atoms with E-state index in [9.17, 15) is 13.3 Å². The van der Waals surface area contributed by atoms with E-state index in [1.807, 2.05) is 27.7 Å². The molecular weight excluding hydrogens is 220 g/mol. The summed E-state index contributed by atoms with van der Waals surface area (Å²) < 4.78 is 38.2. The molecule has 0 aromatic rings.